The molecule has 3 nitrogen and oxygen atoms in total. The molecule has 4 heteroatoms. The summed E-state index contributed by atoms with van der Waals surface area (Å²) in [6, 6.07) is 8.39. The zero-order chi connectivity index (χ0) is 12.3. The molecular weight excluding hydrogens is 278 g/mol. The fourth-order valence-corrected chi connectivity index (χ4v) is 1.93. The Morgan fingerprint density at radius 2 is 2.00 bits per heavy atom. The Labute approximate surface area is 110 Å². The average molecular weight is 294 g/mol. The summed E-state index contributed by atoms with van der Waals surface area (Å²) >= 11 is 3.45. The molecule has 17 heavy (non-hydrogen) atoms. The third kappa shape index (κ3) is 3.17. The molecule has 0 saturated carbocycles. The van der Waals surface area contributed by atoms with Gasteiger partial charge in [-0.1, -0.05) is 28.1 Å². The van der Waals surface area contributed by atoms with Crippen LogP contribution in [0.5, 0.6) is 0 Å². The van der Waals surface area contributed by atoms with E-state index in [9.17, 15) is 0 Å². The molecular formula is C13H16BrN3. The molecule has 1 heterocycles. The number of halogens is 1. The number of rotatable bonds is 4. The van der Waals surface area contributed by atoms with Crippen LogP contribution in [-0.2, 0) is 12.1 Å². The molecule has 0 amide bonds. The molecule has 2 rings (SSSR count). The molecule has 1 aromatic heterocycles. The van der Waals surface area contributed by atoms with E-state index in [-0.39, 0.29) is 5.54 Å². The molecule has 0 atom stereocenters. The van der Waals surface area contributed by atoms with Crippen molar-refractivity contribution in [2.45, 2.75) is 25.9 Å². The van der Waals surface area contributed by atoms with E-state index >= 15 is 0 Å². The maximum absolute atomic E-state index is 4.01. The highest BCUT2D eigenvalue weighted by Crippen LogP contribution is 2.22. The normalized spacial score (nSPS) is 11.7. The number of imidazole rings is 1. The van der Waals surface area contributed by atoms with Crippen molar-refractivity contribution in [3.05, 3.63) is 52.5 Å². The number of hydrogen-bond acceptors (Lipinski definition) is 2. The maximum Gasteiger partial charge on any atom is 0.0922 e. The summed E-state index contributed by atoms with van der Waals surface area (Å²) in [5, 5.41) is 3.51. The van der Waals surface area contributed by atoms with E-state index in [1.807, 2.05) is 6.20 Å². The Kier molecular flexibility index (Phi) is 3.64. The Morgan fingerprint density at radius 1 is 1.29 bits per heavy atom. The van der Waals surface area contributed by atoms with Crippen molar-refractivity contribution in [3.8, 4) is 0 Å². The maximum atomic E-state index is 4.01. The van der Waals surface area contributed by atoms with Gasteiger partial charge in [0.15, 0.2) is 0 Å². The van der Waals surface area contributed by atoms with Crippen LogP contribution in [0.25, 0.3) is 0 Å². The van der Waals surface area contributed by atoms with E-state index < -0.39 is 0 Å². The zero-order valence-corrected chi connectivity index (χ0v) is 11.6. The lowest BCUT2D eigenvalue weighted by Crippen LogP contribution is -2.36. The minimum absolute atomic E-state index is 0.0637. The Morgan fingerprint density at radius 3 is 2.59 bits per heavy atom. The predicted octanol–water partition coefficient (Wildman–Crippen LogP) is 3.20. The second kappa shape index (κ2) is 5.02. The fourth-order valence-electron chi connectivity index (χ4n) is 1.67. The van der Waals surface area contributed by atoms with Crippen molar-refractivity contribution in [1.82, 2.24) is 15.3 Å². The summed E-state index contributed by atoms with van der Waals surface area (Å²) in [4.78, 5) is 7.09. The van der Waals surface area contributed by atoms with Crippen LogP contribution in [0.3, 0.4) is 0 Å². The molecule has 0 aliphatic carbocycles. The Hall–Kier alpha value is -1.13. The van der Waals surface area contributed by atoms with Gasteiger partial charge in [-0.05, 0) is 31.5 Å². The van der Waals surface area contributed by atoms with Crippen LogP contribution in [0, 0.1) is 0 Å². The highest BCUT2D eigenvalue weighted by molar-refractivity contribution is 9.10. The minimum atomic E-state index is -0.0637. The number of nitrogens with one attached hydrogen (secondary N) is 2. The van der Waals surface area contributed by atoms with Crippen LogP contribution >= 0.6 is 15.9 Å². The zero-order valence-electron chi connectivity index (χ0n) is 10.00. The Bertz CT molecular complexity index is 460. The molecule has 0 radical (unpaired) electrons. The molecule has 2 aromatic rings. The summed E-state index contributed by atoms with van der Waals surface area (Å²) in [7, 11) is 0. The summed E-state index contributed by atoms with van der Waals surface area (Å²) in [5.41, 5.74) is 2.29. The summed E-state index contributed by atoms with van der Waals surface area (Å²) in [6.45, 7) is 5.13. The van der Waals surface area contributed by atoms with Crippen LogP contribution in [-0.4, -0.2) is 9.97 Å². The molecule has 0 fully saturated rings. The van der Waals surface area contributed by atoms with Crippen molar-refractivity contribution >= 4 is 15.9 Å². The van der Waals surface area contributed by atoms with E-state index in [2.05, 4.69) is 69.3 Å². The first-order chi connectivity index (χ1) is 8.08. The van der Waals surface area contributed by atoms with Gasteiger partial charge in [0.2, 0.25) is 0 Å². The lowest BCUT2D eigenvalue weighted by Gasteiger charge is -2.27. The van der Waals surface area contributed by atoms with Crippen LogP contribution in [0.2, 0.25) is 0 Å². The lowest BCUT2D eigenvalue weighted by molar-refractivity contribution is 0.399. The van der Waals surface area contributed by atoms with E-state index in [1.54, 1.807) is 6.33 Å². The van der Waals surface area contributed by atoms with Gasteiger partial charge in [0, 0.05) is 28.4 Å². The standard InChI is InChI=1S/C13H16BrN3/c1-13(2,10-3-5-11(14)6-4-10)17-8-12-7-15-9-16-12/h3-7,9,17H,8H2,1-2H3,(H,15,16). The molecule has 0 saturated heterocycles. The van der Waals surface area contributed by atoms with Gasteiger partial charge in [-0.2, -0.15) is 0 Å². The highest BCUT2D eigenvalue weighted by atomic mass is 79.9. The molecule has 0 aliphatic heterocycles. The predicted molar refractivity (Wildman–Crippen MR) is 72.6 cm³/mol. The van der Waals surface area contributed by atoms with Gasteiger partial charge in [0.1, 0.15) is 0 Å². The van der Waals surface area contributed by atoms with Gasteiger partial charge in [-0.15, -0.1) is 0 Å². The van der Waals surface area contributed by atoms with Gasteiger partial charge in [0.05, 0.1) is 6.33 Å². The SMILES string of the molecule is CC(C)(NCc1cnc[nH]1)c1ccc(Br)cc1. The van der Waals surface area contributed by atoms with E-state index in [0.717, 1.165) is 16.7 Å². The van der Waals surface area contributed by atoms with Crippen molar-refractivity contribution in [2.75, 3.05) is 0 Å². The van der Waals surface area contributed by atoms with Crippen LogP contribution in [0.15, 0.2) is 41.3 Å². The monoisotopic (exact) mass is 293 g/mol. The summed E-state index contributed by atoms with van der Waals surface area (Å²) in [6.07, 6.45) is 3.54. The molecule has 0 unspecified atom stereocenters. The fraction of sp³-hybridized carbons (Fsp3) is 0.308. The molecule has 0 bridgehead atoms. The highest BCUT2D eigenvalue weighted by Gasteiger charge is 2.19. The number of aromatic amines is 1. The second-order valence-corrected chi connectivity index (χ2v) is 5.48. The summed E-state index contributed by atoms with van der Waals surface area (Å²) in [5.74, 6) is 0. The smallest absolute Gasteiger partial charge is 0.0922 e. The largest absolute Gasteiger partial charge is 0.347 e. The van der Waals surface area contributed by atoms with E-state index in [0.29, 0.717) is 0 Å². The Balaban J connectivity index is 2.05. The topological polar surface area (TPSA) is 40.7 Å². The molecule has 1 aromatic carbocycles. The number of benzene rings is 1. The number of nitrogens with zero attached hydrogens (tertiary/aromatic N) is 1. The van der Waals surface area contributed by atoms with E-state index in [4.69, 9.17) is 0 Å². The van der Waals surface area contributed by atoms with Gasteiger partial charge >= 0.3 is 0 Å². The first-order valence-corrected chi connectivity index (χ1v) is 6.35. The first kappa shape index (κ1) is 12.3. The molecule has 0 spiro atoms. The third-order valence-corrected chi connectivity index (χ3v) is 3.37. The quantitative estimate of drug-likeness (QED) is 0.909. The van der Waals surface area contributed by atoms with Crippen LogP contribution in [0.1, 0.15) is 25.1 Å². The molecule has 90 valence electrons. The number of aromatic nitrogens is 2. The second-order valence-electron chi connectivity index (χ2n) is 4.56. The molecule has 0 aliphatic rings. The average Bonchev–Trinajstić information content (AvgIpc) is 2.80. The van der Waals surface area contributed by atoms with Crippen LogP contribution < -0.4 is 5.32 Å². The van der Waals surface area contributed by atoms with Gasteiger partial charge in [-0.3, -0.25) is 0 Å². The van der Waals surface area contributed by atoms with Crippen molar-refractivity contribution < 1.29 is 0 Å². The van der Waals surface area contributed by atoms with Gasteiger partial charge in [-0.25, -0.2) is 4.98 Å². The first-order valence-electron chi connectivity index (χ1n) is 5.56. The van der Waals surface area contributed by atoms with Crippen molar-refractivity contribution in [2.24, 2.45) is 0 Å². The third-order valence-electron chi connectivity index (χ3n) is 2.84. The lowest BCUT2D eigenvalue weighted by atomic mass is 9.94. The summed E-state index contributed by atoms with van der Waals surface area (Å²) < 4.78 is 1.10. The van der Waals surface area contributed by atoms with E-state index in [1.165, 1.54) is 5.56 Å². The number of H-pyrrole nitrogens is 1. The minimum Gasteiger partial charge on any atom is -0.347 e. The van der Waals surface area contributed by atoms with Gasteiger partial charge < -0.3 is 10.3 Å². The van der Waals surface area contributed by atoms with Crippen LogP contribution in [0.4, 0.5) is 0 Å². The van der Waals surface area contributed by atoms with Gasteiger partial charge in [0.25, 0.3) is 0 Å². The number of hydrogen-bond donors (Lipinski definition) is 2. The molecule has 2 N–H and O–H groups in total. The van der Waals surface area contributed by atoms with Crippen molar-refractivity contribution in [1.29, 1.82) is 0 Å². The van der Waals surface area contributed by atoms with Crippen molar-refractivity contribution in [3.63, 3.8) is 0 Å².